The molecular formula is C13H22O2. The summed E-state index contributed by atoms with van der Waals surface area (Å²) in [4.78, 5) is 11.0. The second-order valence-electron chi connectivity index (χ2n) is 5.84. The average molecular weight is 210 g/mol. The lowest BCUT2D eigenvalue weighted by Gasteiger charge is -2.16. The number of esters is 1. The van der Waals surface area contributed by atoms with Gasteiger partial charge in [0.1, 0.15) is 5.60 Å². The lowest BCUT2D eigenvalue weighted by molar-refractivity contribution is -0.150. The highest BCUT2D eigenvalue weighted by Gasteiger charge is 2.66. The molecule has 15 heavy (non-hydrogen) atoms. The summed E-state index contributed by atoms with van der Waals surface area (Å²) >= 11 is 0. The number of hydrogen-bond acceptors (Lipinski definition) is 2. The summed E-state index contributed by atoms with van der Waals surface area (Å²) in [6.07, 6.45) is 3.47. The van der Waals surface area contributed by atoms with E-state index in [4.69, 9.17) is 4.74 Å². The van der Waals surface area contributed by atoms with Crippen molar-refractivity contribution < 1.29 is 9.53 Å². The third-order valence-electron chi connectivity index (χ3n) is 4.00. The summed E-state index contributed by atoms with van der Waals surface area (Å²) in [5, 5.41) is 0. The summed E-state index contributed by atoms with van der Waals surface area (Å²) in [5.74, 6) is 2.87. The van der Waals surface area contributed by atoms with Crippen LogP contribution in [0.1, 0.15) is 47.0 Å². The van der Waals surface area contributed by atoms with Gasteiger partial charge in [0, 0.05) is 12.8 Å². The molecule has 0 radical (unpaired) electrons. The van der Waals surface area contributed by atoms with Crippen LogP contribution in [0, 0.1) is 23.7 Å². The second-order valence-corrected chi connectivity index (χ2v) is 5.84. The van der Waals surface area contributed by atoms with Crippen LogP contribution in [0.25, 0.3) is 0 Å². The van der Waals surface area contributed by atoms with Crippen molar-refractivity contribution in [2.45, 2.75) is 52.6 Å². The van der Waals surface area contributed by atoms with E-state index >= 15 is 0 Å². The first kappa shape index (κ1) is 11.0. The van der Waals surface area contributed by atoms with Gasteiger partial charge in [-0.3, -0.25) is 4.79 Å². The molecule has 0 heterocycles. The second kappa shape index (κ2) is 3.50. The molecule has 0 aromatic carbocycles. The van der Waals surface area contributed by atoms with E-state index in [1.807, 2.05) is 0 Å². The zero-order valence-corrected chi connectivity index (χ0v) is 10.2. The van der Waals surface area contributed by atoms with Gasteiger partial charge in [0.15, 0.2) is 0 Å². The van der Waals surface area contributed by atoms with E-state index in [1.54, 1.807) is 0 Å². The van der Waals surface area contributed by atoms with E-state index in [-0.39, 0.29) is 11.6 Å². The van der Waals surface area contributed by atoms with Crippen LogP contribution in [0.4, 0.5) is 0 Å². The molecule has 2 heteroatoms. The third-order valence-corrected chi connectivity index (χ3v) is 4.00. The Morgan fingerprint density at radius 1 is 1.47 bits per heavy atom. The maximum absolute atomic E-state index is 11.0. The zero-order chi connectivity index (χ0) is 11.2. The molecule has 0 spiro atoms. The van der Waals surface area contributed by atoms with Crippen LogP contribution in [0.15, 0.2) is 0 Å². The summed E-state index contributed by atoms with van der Waals surface area (Å²) in [6, 6.07) is 0. The molecule has 2 rings (SSSR count). The third kappa shape index (κ3) is 2.04. The largest absolute Gasteiger partial charge is 0.459 e. The van der Waals surface area contributed by atoms with Crippen molar-refractivity contribution in [2.75, 3.05) is 0 Å². The van der Waals surface area contributed by atoms with Crippen LogP contribution in [0.5, 0.6) is 0 Å². The highest BCUT2D eigenvalue weighted by molar-refractivity contribution is 5.67. The monoisotopic (exact) mass is 210 g/mol. The topological polar surface area (TPSA) is 26.3 Å². The van der Waals surface area contributed by atoms with Crippen LogP contribution in [-0.4, -0.2) is 11.6 Å². The van der Waals surface area contributed by atoms with E-state index in [2.05, 4.69) is 20.8 Å². The van der Waals surface area contributed by atoms with Crippen molar-refractivity contribution in [2.24, 2.45) is 23.7 Å². The molecule has 2 aliphatic rings. The molecule has 0 bridgehead atoms. The lowest BCUT2D eigenvalue weighted by atomic mass is 10.0. The summed E-state index contributed by atoms with van der Waals surface area (Å²) in [7, 11) is 0. The maximum Gasteiger partial charge on any atom is 0.303 e. The van der Waals surface area contributed by atoms with Gasteiger partial charge in [-0.25, -0.2) is 0 Å². The number of rotatable bonds is 4. The number of ether oxygens (including phenoxy) is 1. The van der Waals surface area contributed by atoms with Gasteiger partial charge in [0.05, 0.1) is 0 Å². The number of hydrogen-bond donors (Lipinski definition) is 0. The molecule has 2 fully saturated rings. The normalized spacial score (nSPS) is 36.5. The Bertz CT molecular complexity index is 266. The van der Waals surface area contributed by atoms with Crippen molar-refractivity contribution in [1.29, 1.82) is 0 Å². The van der Waals surface area contributed by atoms with Gasteiger partial charge >= 0.3 is 5.97 Å². The fourth-order valence-electron chi connectivity index (χ4n) is 3.23. The minimum atomic E-state index is -0.102. The SMILES string of the molecule is CC(=O)OC1(C2C(C)C2CC(C)C)CC1. The maximum atomic E-state index is 11.0. The van der Waals surface area contributed by atoms with Gasteiger partial charge in [-0.2, -0.15) is 0 Å². The van der Waals surface area contributed by atoms with Gasteiger partial charge in [-0.05, 0) is 37.0 Å². The van der Waals surface area contributed by atoms with E-state index in [9.17, 15) is 4.79 Å². The lowest BCUT2D eigenvalue weighted by Crippen LogP contribution is -2.21. The fourth-order valence-corrected chi connectivity index (χ4v) is 3.23. The van der Waals surface area contributed by atoms with Crippen LogP contribution < -0.4 is 0 Å². The molecule has 0 amide bonds. The molecule has 0 aliphatic heterocycles. The Morgan fingerprint density at radius 2 is 2.07 bits per heavy atom. The van der Waals surface area contributed by atoms with Crippen molar-refractivity contribution in [3.05, 3.63) is 0 Å². The molecule has 3 atom stereocenters. The number of carbonyl (C=O) groups is 1. The molecular weight excluding hydrogens is 188 g/mol. The molecule has 2 saturated carbocycles. The minimum absolute atomic E-state index is 0.0369. The van der Waals surface area contributed by atoms with Gasteiger partial charge < -0.3 is 4.74 Å². The smallest absolute Gasteiger partial charge is 0.303 e. The van der Waals surface area contributed by atoms with E-state index in [0.29, 0.717) is 5.92 Å². The average Bonchev–Trinajstić information content (AvgIpc) is 2.92. The number of carbonyl (C=O) groups excluding carboxylic acids is 1. The Kier molecular flexibility index (Phi) is 2.56. The predicted octanol–water partition coefficient (Wildman–Crippen LogP) is 3.01. The highest BCUT2D eigenvalue weighted by atomic mass is 16.6. The zero-order valence-electron chi connectivity index (χ0n) is 10.2. The van der Waals surface area contributed by atoms with Crippen molar-refractivity contribution in [1.82, 2.24) is 0 Å². The molecule has 0 saturated heterocycles. The molecule has 0 N–H and O–H groups in total. The van der Waals surface area contributed by atoms with Gasteiger partial charge in [0.2, 0.25) is 0 Å². The van der Waals surface area contributed by atoms with Crippen LogP contribution in [0.3, 0.4) is 0 Å². The van der Waals surface area contributed by atoms with Gasteiger partial charge in [0.25, 0.3) is 0 Å². The Labute approximate surface area is 92.4 Å². The first-order valence-electron chi connectivity index (χ1n) is 6.16. The molecule has 0 aromatic rings. The van der Waals surface area contributed by atoms with E-state index in [1.165, 1.54) is 13.3 Å². The summed E-state index contributed by atoms with van der Waals surface area (Å²) < 4.78 is 5.52. The summed E-state index contributed by atoms with van der Waals surface area (Å²) in [6.45, 7) is 8.38. The van der Waals surface area contributed by atoms with E-state index < -0.39 is 0 Å². The molecule has 0 aromatic heterocycles. The van der Waals surface area contributed by atoms with Gasteiger partial charge in [-0.15, -0.1) is 0 Å². The first-order chi connectivity index (χ1) is 6.96. The van der Waals surface area contributed by atoms with Crippen LogP contribution >= 0.6 is 0 Å². The highest BCUT2D eigenvalue weighted by Crippen LogP contribution is 2.64. The van der Waals surface area contributed by atoms with Crippen molar-refractivity contribution in [3.63, 3.8) is 0 Å². The fraction of sp³-hybridized carbons (Fsp3) is 0.923. The van der Waals surface area contributed by atoms with Crippen molar-refractivity contribution >= 4 is 5.97 Å². The predicted molar refractivity (Wildman–Crippen MR) is 59.3 cm³/mol. The molecule has 2 aliphatic carbocycles. The Balaban J connectivity index is 1.93. The quantitative estimate of drug-likeness (QED) is 0.667. The van der Waals surface area contributed by atoms with Crippen LogP contribution in [-0.2, 0) is 9.53 Å². The minimum Gasteiger partial charge on any atom is -0.459 e. The van der Waals surface area contributed by atoms with Crippen LogP contribution in [0.2, 0.25) is 0 Å². The van der Waals surface area contributed by atoms with Gasteiger partial charge in [-0.1, -0.05) is 20.8 Å². The van der Waals surface area contributed by atoms with Crippen molar-refractivity contribution in [3.8, 4) is 0 Å². The Morgan fingerprint density at radius 3 is 2.47 bits per heavy atom. The molecule has 2 nitrogen and oxygen atoms in total. The summed E-state index contributed by atoms with van der Waals surface area (Å²) in [5.41, 5.74) is -0.0369. The van der Waals surface area contributed by atoms with E-state index in [0.717, 1.165) is 30.6 Å². The molecule has 3 unspecified atom stereocenters. The molecule has 86 valence electrons. The standard InChI is InChI=1S/C13H22O2/c1-8(2)7-11-9(3)12(11)13(5-6-13)15-10(4)14/h8-9,11-12H,5-7H2,1-4H3. The Hall–Kier alpha value is -0.530. The first-order valence-corrected chi connectivity index (χ1v) is 6.16.